The van der Waals surface area contributed by atoms with Crippen LogP contribution in [-0.4, -0.2) is 29.7 Å². The van der Waals surface area contributed by atoms with Gasteiger partial charge in [-0.15, -0.1) is 11.3 Å². The van der Waals surface area contributed by atoms with E-state index in [1.54, 1.807) is 6.20 Å². The van der Waals surface area contributed by atoms with Crippen molar-refractivity contribution in [1.82, 2.24) is 4.98 Å². The smallest absolute Gasteiger partial charge is 0.348 e. The van der Waals surface area contributed by atoms with Crippen LogP contribution in [-0.2, 0) is 0 Å². The highest BCUT2D eigenvalue weighted by Gasteiger charge is 2.19. The Morgan fingerprint density at radius 2 is 2.35 bits per heavy atom. The van der Waals surface area contributed by atoms with Gasteiger partial charge in [-0.25, -0.2) is 9.78 Å². The standard InChI is InChI=1S/C11H13N3O2S/c1-3-14(2)6-4-5-13-10-7(6)8(12)9(17-10)11(15)16/h4-5H,3,12H2,1-2H3,(H,15,16). The Balaban J connectivity index is 2.75. The second-order valence-electron chi connectivity index (χ2n) is 3.67. The van der Waals surface area contributed by atoms with Gasteiger partial charge in [-0.1, -0.05) is 0 Å². The molecule has 0 spiro atoms. The van der Waals surface area contributed by atoms with Gasteiger partial charge in [0, 0.05) is 19.8 Å². The van der Waals surface area contributed by atoms with E-state index in [0.717, 1.165) is 29.0 Å². The first-order valence-corrected chi connectivity index (χ1v) is 5.99. The number of fused-ring (bicyclic) bond motifs is 1. The zero-order valence-corrected chi connectivity index (χ0v) is 10.4. The molecule has 0 saturated carbocycles. The number of rotatable bonds is 3. The fourth-order valence-corrected chi connectivity index (χ4v) is 2.60. The van der Waals surface area contributed by atoms with Crippen molar-refractivity contribution in [3.63, 3.8) is 0 Å². The van der Waals surface area contributed by atoms with Gasteiger partial charge in [0.1, 0.15) is 9.71 Å². The van der Waals surface area contributed by atoms with Crippen LogP contribution >= 0.6 is 11.3 Å². The maximum atomic E-state index is 11.0. The van der Waals surface area contributed by atoms with Crippen molar-refractivity contribution in [3.8, 4) is 0 Å². The van der Waals surface area contributed by atoms with Gasteiger partial charge >= 0.3 is 5.97 Å². The number of hydrogen-bond acceptors (Lipinski definition) is 5. The average molecular weight is 251 g/mol. The number of anilines is 2. The summed E-state index contributed by atoms with van der Waals surface area (Å²) in [5.74, 6) is -1.00. The Morgan fingerprint density at radius 3 is 2.94 bits per heavy atom. The predicted molar refractivity (Wildman–Crippen MR) is 69.9 cm³/mol. The molecular formula is C11H13N3O2S. The first-order valence-electron chi connectivity index (χ1n) is 5.17. The molecule has 3 N–H and O–H groups in total. The molecule has 0 unspecified atom stereocenters. The predicted octanol–water partition coefficient (Wildman–Crippen LogP) is 2.03. The molecule has 0 aliphatic rings. The van der Waals surface area contributed by atoms with E-state index in [0.29, 0.717) is 10.5 Å². The first kappa shape index (κ1) is 11.7. The Kier molecular flexibility index (Phi) is 2.89. The fraction of sp³-hybridized carbons (Fsp3) is 0.273. The zero-order valence-electron chi connectivity index (χ0n) is 9.60. The zero-order chi connectivity index (χ0) is 12.6. The largest absolute Gasteiger partial charge is 0.477 e. The van der Waals surface area contributed by atoms with Gasteiger partial charge in [0.2, 0.25) is 0 Å². The lowest BCUT2D eigenvalue weighted by Crippen LogP contribution is -2.16. The number of thiophene rings is 1. The summed E-state index contributed by atoms with van der Waals surface area (Å²) in [6.45, 7) is 2.84. The van der Waals surface area contributed by atoms with Crippen molar-refractivity contribution in [2.24, 2.45) is 0 Å². The molecule has 0 bridgehead atoms. The van der Waals surface area contributed by atoms with Crippen LogP contribution in [0, 0.1) is 0 Å². The molecule has 0 fully saturated rings. The average Bonchev–Trinajstić information content (AvgIpc) is 2.66. The molecule has 6 heteroatoms. The summed E-state index contributed by atoms with van der Waals surface area (Å²) in [5, 5.41) is 9.78. The van der Waals surface area contributed by atoms with Gasteiger partial charge in [0.15, 0.2) is 0 Å². The summed E-state index contributed by atoms with van der Waals surface area (Å²) in [6, 6.07) is 1.85. The maximum absolute atomic E-state index is 11.0. The SMILES string of the molecule is CCN(C)c1ccnc2sc(C(=O)O)c(N)c12. The molecule has 0 atom stereocenters. The van der Waals surface area contributed by atoms with E-state index in [4.69, 9.17) is 10.8 Å². The maximum Gasteiger partial charge on any atom is 0.348 e. The summed E-state index contributed by atoms with van der Waals surface area (Å²) < 4.78 is 0. The Labute approximate surface area is 102 Å². The van der Waals surface area contributed by atoms with Crippen molar-refractivity contribution >= 4 is 38.9 Å². The van der Waals surface area contributed by atoms with Gasteiger partial charge in [0.25, 0.3) is 0 Å². The number of carboxylic acids is 1. The Hall–Kier alpha value is -1.82. The minimum atomic E-state index is -1.00. The van der Waals surface area contributed by atoms with Gasteiger partial charge < -0.3 is 15.7 Å². The lowest BCUT2D eigenvalue weighted by molar-refractivity contribution is 0.0703. The van der Waals surface area contributed by atoms with E-state index in [1.807, 2.05) is 24.9 Å². The minimum Gasteiger partial charge on any atom is -0.477 e. The molecule has 0 aliphatic carbocycles. The van der Waals surface area contributed by atoms with Crippen molar-refractivity contribution in [2.45, 2.75) is 6.92 Å². The molecule has 0 aromatic carbocycles. The molecule has 0 amide bonds. The molecule has 2 rings (SSSR count). The van der Waals surface area contributed by atoms with E-state index >= 15 is 0 Å². The van der Waals surface area contributed by atoms with E-state index < -0.39 is 5.97 Å². The van der Waals surface area contributed by atoms with Crippen molar-refractivity contribution < 1.29 is 9.90 Å². The number of nitrogens with zero attached hydrogens (tertiary/aromatic N) is 2. The van der Waals surface area contributed by atoms with Gasteiger partial charge in [-0.3, -0.25) is 0 Å². The topological polar surface area (TPSA) is 79.5 Å². The molecule has 2 aromatic rings. The lowest BCUT2D eigenvalue weighted by atomic mass is 10.2. The van der Waals surface area contributed by atoms with E-state index in [2.05, 4.69) is 4.98 Å². The lowest BCUT2D eigenvalue weighted by Gasteiger charge is -2.17. The first-order chi connectivity index (χ1) is 8.06. The van der Waals surface area contributed by atoms with Crippen LogP contribution in [0.1, 0.15) is 16.6 Å². The van der Waals surface area contributed by atoms with Crippen molar-refractivity contribution in [3.05, 3.63) is 17.1 Å². The molecule has 2 aromatic heterocycles. The van der Waals surface area contributed by atoms with Crippen LogP contribution in [0.25, 0.3) is 10.2 Å². The molecule has 0 radical (unpaired) electrons. The van der Waals surface area contributed by atoms with E-state index in [9.17, 15) is 4.79 Å². The number of carbonyl (C=O) groups is 1. The van der Waals surface area contributed by atoms with Gasteiger partial charge in [0.05, 0.1) is 16.8 Å². The van der Waals surface area contributed by atoms with Crippen LogP contribution in [0.5, 0.6) is 0 Å². The van der Waals surface area contributed by atoms with Crippen molar-refractivity contribution in [2.75, 3.05) is 24.2 Å². The second-order valence-corrected chi connectivity index (χ2v) is 4.67. The van der Waals surface area contributed by atoms with E-state index in [-0.39, 0.29) is 4.88 Å². The third kappa shape index (κ3) is 1.80. The summed E-state index contributed by atoms with van der Waals surface area (Å²) in [7, 11) is 1.94. The number of pyridine rings is 1. The van der Waals surface area contributed by atoms with Crippen LogP contribution in [0.4, 0.5) is 11.4 Å². The third-order valence-electron chi connectivity index (χ3n) is 2.69. The number of nitrogens with two attached hydrogens (primary N) is 1. The molecular weight excluding hydrogens is 238 g/mol. The van der Waals surface area contributed by atoms with Crippen LogP contribution in [0.15, 0.2) is 12.3 Å². The number of hydrogen-bond donors (Lipinski definition) is 2. The summed E-state index contributed by atoms with van der Waals surface area (Å²) in [4.78, 5) is 18.0. The highest BCUT2D eigenvalue weighted by Crippen LogP contribution is 2.38. The van der Waals surface area contributed by atoms with Crippen LogP contribution < -0.4 is 10.6 Å². The minimum absolute atomic E-state index is 0.157. The molecule has 5 nitrogen and oxygen atoms in total. The Morgan fingerprint density at radius 1 is 1.65 bits per heavy atom. The Bertz CT molecular complexity index is 579. The highest BCUT2D eigenvalue weighted by atomic mass is 32.1. The monoisotopic (exact) mass is 251 g/mol. The molecule has 0 aliphatic heterocycles. The molecule has 17 heavy (non-hydrogen) atoms. The van der Waals surface area contributed by atoms with Gasteiger partial charge in [-0.05, 0) is 13.0 Å². The normalized spacial score (nSPS) is 10.7. The number of aromatic nitrogens is 1. The summed E-state index contributed by atoms with van der Waals surface area (Å²) >= 11 is 1.11. The molecule has 90 valence electrons. The van der Waals surface area contributed by atoms with E-state index in [1.165, 1.54) is 0 Å². The number of nitrogen functional groups attached to an aromatic ring is 1. The highest BCUT2D eigenvalue weighted by molar-refractivity contribution is 7.21. The number of carboxylic acid groups (broad SMARTS) is 1. The number of aromatic carboxylic acids is 1. The molecule has 2 heterocycles. The summed E-state index contributed by atoms with van der Waals surface area (Å²) in [6.07, 6.45) is 1.67. The van der Waals surface area contributed by atoms with Crippen LogP contribution in [0.2, 0.25) is 0 Å². The molecule has 0 saturated heterocycles. The third-order valence-corrected chi connectivity index (χ3v) is 3.79. The van der Waals surface area contributed by atoms with Crippen molar-refractivity contribution in [1.29, 1.82) is 0 Å². The fourth-order valence-electron chi connectivity index (χ4n) is 1.68. The van der Waals surface area contributed by atoms with Crippen LogP contribution in [0.3, 0.4) is 0 Å². The van der Waals surface area contributed by atoms with Gasteiger partial charge in [-0.2, -0.15) is 0 Å². The summed E-state index contributed by atoms with van der Waals surface area (Å²) in [5.41, 5.74) is 7.12. The quantitative estimate of drug-likeness (QED) is 0.872. The second kappa shape index (κ2) is 4.21.